The van der Waals surface area contributed by atoms with E-state index in [9.17, 15) is 9.90 Å². The molecule has 1 atom stereocenters. The minimum atomic E-state index is -0.340. The van der Waals surface area contributed by atoms with Gasteiger partial charge in [0.05, 0.1) is 6.10 Å². The van der Waals surface area contributed by atoms with Gasteiger partial charge in [0.15, 0.2) is 0 Å². The summed E-state index contributed by atoms with van der Waals surface area (Å²) >= 11 is 0. The van der Waals surface area contributed by atoms with Crippen LogP contribution >= 0.6 is 0 Å². The van der Waals surface area contributed by atoms with Gasteiger partial charge in [-0.1, -0.05) is 66.7 Å². The molecule has 174 valence electrons. The standard InChI is InChI=1S/C28H34N2O3/c31-26(20-29-18-14-28(15-19-29)13-10-23-8-4-5-9-25(23)28)24-11-16-30(17-12-24)27(32)33-21-22-6-2-1-3-7-22/h1-10,13,24,26,31H,11-12,14-21H2. The Bertz CT molecular complexity index is 974. The lowest BCUT2D eigenvalue weighted by Gasteiger charge is -2.41. The molecule has 5 rings (SSSR count). The number of nitrogens with zero attached hydrogens (tertiary/aromatic N) is 2. The fourth-order valence-electron chi connectivity index (χ4n) is 5.70. The number of likely N-dealkylation sites (tertiary alicyclic amines) is 2. The smallest absolute Gasteiger partial charge is 0.410 e. The first kappa shape index (κ1) is 22.2. The van der Waals surface area contributed by atoms with E-state index in [0.29, 0.717) is 19.7 Å². The second-order valence-corrected chi connectivity index (χ2v) is 9.81. The third-order valence-corrected chi connectivity index (χ3v) is 7.82. The highest BCUT2D eigenvalue weighted by molar-refractivity contribution is 5.67. The maximum absolute atomic E-state index is 12.4. The number of β-amino-alcohol motifs (C(OH)–C–C–N with tert-alkyl or cyclic N) is 1. The summed E-state index contributed by atoms with van der Waals surface area (Å²) in [4.78, 5) is 16.6. The molecule has 2 aromatic rings. The molecular formula is C28H34N2O3. The number of rotatable bonds is 5. The number of aliphatic hydroxyl groups excluding tert-OH is 1. The highest BCUT2D eigenvalue weighted by atomic mass is 16.6. The molecule has 0 aromatic heterocycles. The van der Waals surface area contributed by atoms with Crippen molar-refractivity contribution in [3.05, 3.63) is 77.4 Å². The first-order valence-electron chi connectivity index (χ1n) is 12.3. The molecule has 2 aromatic carbocycles. The molecule has 1 spiro atoms. The van der Waals surface area contributed by atoms with E-state index in [2.05, 4.69) is 41.3 Å². The second kappa shape index (κ2) is 9.70. The Balaban J connectivity index is 1.05. The Kier molecular flexibility index (Phi) is 6.52. The van der Waals surface area contributed by atoms with Gasteiger partial charge < -0.3 is 19.6 Å². The fraction of sp³-hybridized carbons (Fsp3) is 0.464. The second-order valence-electron chi connectivity index (χ2n) is 9.81. The quantitative estimate of drug-likeness (QED) is 0.737. The molecule has 33 heavy (non-hydrogen) atoms. The zero-order valence-electron chi connectivity index (χ0n) is 19.2. The molecule has 2 saturated heterocycles. The summed E-state index contributed by atoms with van der Waals surface area (Å²) < 4.78 is 5.47. The van der Waals surface area contributed by atoms with Crippen molar-refractivity contribution in [1.82, 2.24) is 9.80 Å². The van der Waals surface area contributed by atoms with Gasteiger partial charge in [0.25, 0.3) is 0 Å². The molecule has 1 unspecified atom stereocenters. The lowest BCUT2D eigenvalue weighted by Crippen LogP contribution is -2.47. The van der Waals surface area contributed by atoms with Gasteiger partial charge in [0, 0.05) is 25.0 Å². The van der Waals surface area contributed by atoms with Gasteiger partial charge in [-0.05, 0) is 61.4 Å². The molecule has 0 radical (unpaired) electrons. The minimum absolute atomic E-state index is 0.184. The first-order valence-corrected chi connectivity index (χ1v) is 12.3. The summed E-state index contributed by atoms with van der Waals surface area (Å²) in [6, 6.07) is 18.5. The van der Waals surface area contributed by atoms with Gasteiger partial charge >= 0.3 is 6.09 Å². The van der Waals surface area contributed by atoms with Crippen molar-refractivity contribution in [3.8, 4) is 0 Å². The molecule has 2 aliphatic heterocycles. The van der Waals surface area contributed by atoms with E-state index in [0.717, 1.165) is 50.9 Å². The van der Waals surface area contributed by atoms with Gasteiger partial charge in [-0.15, -0.1) is 0 Å². The number of fused-ring (bicyclic) bond motifs is 2. The molecular weight excluding hydrogens is 412 g/mol. The number of carbonyl (C=O) groups is 1. The van der Waals surface area contributed by atoms with E-state index < -0.39 is 0 Å². The number of ether oxygens (including phenoxy) is 1. The number of hydrogen-bond acceptors (Lipinski definition) is 4. The number of benzene rings is 2. The van der Waals surface area contributed by atoms with Gasteiger partial charge in [-0.2, -0.15) is 0 Å². The normalized spacial score (nSPS) is 21.2. The van der Waals surface area contributed by atoms with Crippen LogP contribution < -0.4 is 0 Å². The largest absolute Gasteiger partial charge is 0.445 e. The first-order chi connectivity index (χ1) is 16.1. The van der Waals surface area contributed by atoms with Crippen molar-refractivity contribution in [1.29, 1.82) is 0 Å². The van der Waals surface area contributed by atoms with Gasteiger partial charge in [-0.3, -0.25) is 0 Å². The third kappa shape index (κ3) is 4.85. The van der Waals surface area contributed by atoms with Crippen molar-refractivity contribution in [2.75, 3.05) is 32.7 Å². The Hall–Kier alpha value is -2.63. The SMILES string of the molecule is O=C(OCc1ccccc1)N1CCC(C(O)CN2CCC3(C=Cc4ccccc43)CC2)CC1. The average Bonchev–Trinajstić information content (AvgIpc) is 3.23. The Morgan fingerprint density at radius 1 is 1.00 bits per heavy atom. The van der Waals surface area contributed by atoms with E-state index in [4.69, 9.17) is 4.74 Å². The molecule has 0 bridgehead atoms. The van der Waals surface area contributed by atoms with E-state index in [-0.39, 0.29) is 23.5 Å². The molecule has 2 fully saturated rings. The van der Waals surface area contributed by atoms with E-state index in [1.807, 2.05) is 30.3 Å². The van der Waals surface area contributed by atoms with Crippen molar-refractivity contribution >= 4 is 12.2 Å². The lowest BCUT2D eigenvalue weighted by molar-refractivity contribution is 0.0192. The minimum Gasteiger partial charge on any atom is -0.445 e. The molecule has 5 heteroatoms. The van der Waals surface area contributed by atoms with E-state index >= 15 is 0 Å². The van der Waals surface area contributed by atoms with Gasteiger partial charge in [0.1, 0.15) is 6.61 Å². The Morgan fingerprint density at radius 2 is 1.70 bits per heavy atom. The average molecular weight is 447 g/mol. The number of allylic oxidation sites excluding steroid dienone is 1. The van der Waals surface area contributed by atoms with Crippen LogP contribution in [0.2, 0.25) is 0 Å². The highest BCUT2D eigenvalue weighted by Crippen LogP contribution is 2.43. The zero-order valence-corrected chi connectivity index (χ0v) is 19.2. The third-order valence-electron chi connectivity index (χ3n) is 7.82. The molecule has 5 nitrogen and oxygen atoms in total. The summed E-state index contributed by atoms with van der Waals surface area (Å²) in [5.74, 6) is 0.242. The number of carbonyl (C=O) groups excluding carboxylic acids is 1. The molecule has 2 heterocycles. The molecule has 1 N–H and O–H groups in total. The van der Waals surface area contributed by atoms with Crippen LogP contribution in [0.4, 0.5) is 4.79 Å². The van der Waals surface area contributed by atoms with Crippen molar-refractivity contribution < 1.29 is 14.6 Å². The van der Waals surface area contributed by atoms with Gasteiger partial charge in [-0.25, -0.2) is 4.79 Å². The van der Waals surface area contributed by atoms with Crippen molar-refractivity contribution in [2.45, 2.75) is 43.8 Å². The molecule has 3 aliphatic rings. The molecule has 1 amide bonds. The van der Waals surface area contributed by atoms with Crippen LogP contribution in [0.5, 0.6) is 0 Å². The monoisotopic (exact) mass is 446 g/mol. The molecule has 0 saturated carbocycles. The topological polar surface area (TPSA) is 53.0 Å². The van der Waals surface area contributed by atoms with Crippen molar-refractivity contribution in [2.24, 2.45) is 5.92 Å². The number of piperidine rings is 2. The van der Waals surface area contributed by atoms with Crippen molar-refractivity contribution in [3.63, 3.8) is 0 Å². The predicted octanol–water partition coefficient (Wildman–Crippen LogP) is 4.46. The summed E-state index contributed by atoms with van der Waals surface area (Å²) in [5.41, 5.74) is 4.01. The summed E-state index contributed by atoms with van der Waals surface area (Å²) in [5, 5.41) is 10.9. The van der Waals surface area contributed by atoms with Gasteiger partial charge in [0.2, 0.25) is 0 Å². The van der Waals surface area contributed by atoms with Crippen LogP contribution in [0.3, 0.4) is 0 Å². The Morgan fingerprint density at radius 3 is 2.45 bits per heavy atom. The maximum atomic E-state index is 12.4. The molecule has 1 aliphatic carbocycles. The van der Waals surface area contributed by atoms with Crippen LogP contribution in [0, 0.1) is 5.92 Å². The van der Waals surface area contributed by atoms with Crippen LogP contribution in [-0.4, -0.2) is 59.8 Å². The van der Waals surface area contributed by atoms with E-state index in [1.165, 1.54) is 11.1 Å². The fourth-order valence-corrected chi connectivity index (χ4v) is 5.70. The lowest BCUT2D eigenvalue weighted by atomic mass is 9.74. The van der Waals surface area contributed by atoms with Crippen LogP contribution in [0.15, 0.2) is 60.7 Å². The summed E-state index contributed by atoms with van der Waals surface area (Å²) in [6.07, 6.45) is 7.96. The number of aliphatic hydroxyl groups is 1. The highest BCUT2D eigenvalue weighted by Gasteiger charge is 2.38. The maximum Gasteiger partial charge on any atom is 0.410 e. The van der Waals surface area contributed by atoms with Crippen LogP contribution in [-0.2, 0) is 16.8 Å². The number of hydrogen-bond donors (Lipinski definition) is 1. The zero-order chi connectivity index (χ0) is 22.7. The van der Waals surface area contributed by atoms with Crippen LogP contribution in [0.1, 0.15) is 42.4 Å². The Labute approximate surface area is 196 Å². The summed E-state index contributed by atoms with van der Waals surface area (Å²) in [7, 11) is 0. The predicted molar refractivity (Wildman–Crippen MR) is 130 cm³/mol. The van der Waals surface area contributed by atoms with E-state index in [1.54, 1.807) is 4.90 Å². The van der Waals surface area contributed by atoms with Crippen LogP contribution in [0.25, 0.3) is 6.08 Å². The summed E-state index contributed by atoms with van der Waals surface area (Å²) in [6.45, 7) is 4.36. The number of amides is 1.